The van der Waals surface area contributed by atoms with Crippen LogP contribution >= 0.6 is 0 Å². The number of anilines is 1. The molecule has 5 nitrogen and oxygen atoms in total. The molecule has 1 aromatic heterocycles. The average molecular weight is 233 g/mol. The second-order valence-electron chi connectivity index (χ2n) is 3.71. The zero-order valence-electron chi connectivity index (χ0n) is 9.63. The lowest BCUT2D eigenvalue weighted by atomic mass is 10.3. The van der Waals surface area contributed by atoms with E-state index in [4.69, 9.17) is 10.5 Å². The van der Waals surface area contributed by atoms with E-state index in [0.717, 1.165) is 5.82 Å². The number of benzene rings is 1. The SMILES string of the molecule is Cc1nccn1CCOc1cccc(O)c1N. The molecule has 90 valence electrons. The number of ether oxygens (including phenoxy) is 1. The number of imidazole rings is 1. The van der Waals surface area contributed by atoms with Crippen LogP contribution in [0, 0.1) is 6.92 Å². The van der Waals surface area contributed by atoms with E-state index in [1.165, 1.54) is 6.07 Å². The predicted molar refractivity (Wildman–Crippen MR) is 65.0 cm³/mol. The van der Waals surface area contributed by atoms with Crippen LogP contribution in [0.25, 0.3) is 0 Å². The van der Waals surface area contributed by atoms with Gasteiger partial charge in [-0.2, -0.15) is 0 Å². The summed E-state index contributed by atoms with van der Waals surface area (Å²) in [5.41, 5.74) is 5.95. The maximum Gasteiger partial charge on any atom is 0.146 e. The molecule has 2 aromatic rings. The Kier molecular flexibility index (Phi) is 3.18. The van der Waals surface area contributed by atoms with Gasteiger partial charge < -0.3 is 20.1 Å². The van der Waals surface area contributed by atoms with Crippen molar-refractivity contribution in [1.82, 2.24) is 9.55 Å². The van der Waals surface area contributed by atoms with Crippen molar-refractivity contribution in [1.29, 1.82) is 0 Å². The van der Waals surface area contributed by atoms with Crippen LogP contribution in [0.15, 0.2) is 30.6 Å². The first-order valence-corrected chi connectivity index (χ1v) is 5.36. The summed E-state index contributed by atoms with van der Waals surface area (Å²) in [6, 6.07) is 4.96. The van der Waals surface area contributed by atoms with Crippen LogP contribution in [0.4, 0.5) is 5.69 Å². The fourth-order valence-corrected chi connectivity index (χ4v) is 1.55. The molecule has 0 bridgehead atoms. The Morgan fingerprint density at radius 2 is 2.29 bits per heavy atom. The molecule has 3 N–H and O–H groups in total. The first-order valence-electron chi connectivity index (χ1n) is 5.36. The van der Waals surface area contributed by atoms with Gasteiger partial charge in [-0.25, -0.2) is 4.98 Å². The van der Waals surface area contributed by atoms with Crippen molar-refractivity contribution < 1.29 is 9.84 Å². The van der Waals surface area contributed by atoms with Crippen molar-refractivity contribution in [2.24, 2.45) is 0 Å². The number of nitrogens with two attached hydrogens (primary N) is 1. The smallest absolute Gasteiger partial charge is 0.146 e. The number of para-hydroxylation sites is 1. The Balaban J connectivity index is 1.95. The van der Waals surface area contributed by atoms with E-state index in [-0.39, 0.29) is 11.4 Å². The van der Waals surface area contributed by atoms with Crippen molar-refractivity contribution in [3.05, 3.63) is 36.4 Å². The van der Waals surface area contributed by atoms with Crippen molar-refractivity contribution in [3.63, 3.8) is 0 Å². The Bertz CT molecular complexity index is 508. The summed E-state index contributed by atoms with van der Waals surface area (Å²) in [5, 5.41) is 9.41. The molecule has 0 saturated heterocycles. The Morgan fingerprint density at radius 3 is 3.00 bits per heavy atom. The van der Waals surface area contributed by atoms with Crippen molar-refractivity contribution >= 4 is 5.69 Å². The summed E-state index contributed by atoms with van der Waals surface area (Å²) in [6.45, 7) is 3.11. The second-order valence-corrected chi connectivity index (χ2v) is 3.71. The fraction of sp³-hybridized carbons (Fsp3) is 0.250. The monoisotopic (exact) mass is 233 g/mol. The van der Waals surface area contributed by atoms with E-state index in [1.54, 1.807) is 18.3 Å². The fourth-order valence-electron chi connectivity index (χ4n) is 1.55. The molecule has 17 heavy (non-hydrogen) atoms. The van der Waals surface area contributed by atoms with Gasteiger partial charge in [-0.15, -0.1) is 0 Å². The number of rotatable bonds is 4. The van der Waals surface area contributed by atoms with E-state index >= 15 is 0 Å². The van der Waals surface area contributed by atoms with Gasteiger partial charge in [0.1, 0.15) is 29.6 Å². The molecule has 0 radical (unpaired) electrons. The minimum Gasteiger partial charge on any atom is -0.506 e. The van der Waals surface area contributed by atoms with Crippen LogP contribution in [0.5, 0.6) is 11.5 Å². The van der Waals surface area contributed by atoms with E-state index in [9.17, 15) is 5.11 Å². The number of phenolic OH excluding ortho intramolecular Hbond substituents is 1. The molecule has 0 amide bonds. The summed E-state index contributed by atoms with van der Waals surface area (Å²) in [6.07, 6.45) is 3.64. The number of hydrogen-bond acceptors (Lipinski definition) is 4. The van der Waals surface area contributed by atoms with Crippen LogP contribution in [0.1, 0.15) is 5.82 Å². The molecule has 0 unspecified atom stereocenters. The van der Waals surface area contributed by atoms with E-state index < -0.39 is 0 Å². The molecule has 1 aromatic carbocycles. The van der Waals surface area contributed by atoms with E-state index in [0.29, 0.717) is 18.9 Å². The highest BCUT2D eigenvalue weighted by molar-refractivity contribution is 5.61. The molecule has 2 rings (SSSR count). The summed E-state index contributed by atoms with van der Waals surface area (Å²) in [7, 11) is 0. The number of aromatic nitrogens is 2. The van der Waals surface area contributed by atoms with Gasteiger partial charge in [0, 0.05) is 12.4 Å². The lowest BCUT2D eigenvalue weighted by Crippen LogP contribution is -2.09. The third-order valence-electron chi connectivity index (χ3n) is 2.56. The van der Waals surface area contributed by atoms with Crippen LogP contribution in [-0.2, 0) is 6.54 Å². The number of aryl methyl sites for hydroxylation is 1. The zero-order valence-corrected chi connectivity index (χ0v) is 9.63. The molecule has 5 heteroatoms. The zero-order chi connectivity index (χ0) is 12.3. The van der Waals surface area contributed by atoms with Gasteiger partial charge >= 0.3 is 0 Å². The van der Waals surface area contributed by atoms with Gasteiger partial charge in [0.25, 0.3) is 0 Å². The quantitative estimate of drug-likeness (QED) is 0.621. The molecule has 0 atom stereocenters. The van der Waals surface area contributed by atoms with Crippen LogP contribution in [0.3, 0.4) is 0 Å². The van der Waals surface area contributed by atoms with Gasteiger partial charge in [-0.3, -0.25) is 0 Å². The van der Waals surface area contributed by atoms with Crippen LogP contribution in [-0.4, -0.2) is 21.3 Å². The molecular weight excluding hydrogens is 218 g/mol. The third kappa shape index (κ3) is 2.50. The van der Waals surface area contributed by atoms with Crippen molar-refractivity contribution in [2.45, 2.75) is 13.5 Å². The normalized spacial score (nSPS) is 10.4. The first-order chi connectivity index (χ1) is 8.18. The van der Waals surface area contributed by atoms with Crippen LogP contribution in [0.2, 0.25) is 0 Å². The molecule has 0 aliphatic carbocycles. The summed E-state index contributed by atoms with van der Waals surface area (Å²) in [5.74, 6) is 1.49. The lowest BCUT2D eigenvalue weighted by Gasteiger charge is -2.10. The highest BCUT2D eigenvalue weighted by Crippen LogP contribution is 2.29. The van der Waals surface area contributed by atoms with Crippen LogP contribution < -0.4 is 10.5 Å². The van der Waals surface area contributed by atoms with E-state index in [1.807, 2.05) is 17.7 Å². The molecule has 0 fully saturated rings. The van der Waals surface area contributed by atoms with Gasteiger partial charge in [0.2, 0.25) is 0 Å². The minimum atomic E-state index is 0.0429. The highest BCUT2D eigenvalue weighted by Gasteiger charge is 2.04. The maximum atomic E-state index is 9.41. The first kappa shape index (κ1) is 11.3. The molecular formula is C12H15N3O2. The average Bonchev–Trinajstić information content (AvgIpc) is 2.71. The Labute approximate surface area is 99.5 Å². The molecule has 0 spiro atoms. The van der Waals surface area contributed by atoms with Crippen molar-refractivity contribution in [3.8, 4) is 11.5 Å². The van der Waals surface area contributed by atoms with Gasteiger partial charge in [-0.1, -0.05) is 6.07 Å². The molecule has 0 aliphatic rings. The summed E-state index contributed by atoms with van der Waals surface area (Å²) < 4.78 is 7.50. The number of hydrogen-bond donors (Lipinski definition) is 2. The molecule has 0 saturated carbocycles. The summed E-state index contributed by atoms with van der Waals surface area (Å²) >= 11 is 0. The standard InChI is InChI=1S/C12H15N3O2/c1-9-14-5-6-15(9)7-8-17-11-4-2-3-10(16)12(11)13/h2-6,16H,7-8,13H2,1H3. The van der Waals surface area contributed by atoms with Gasteiger partial charge in [0.05, 0.1) is 6.54 Å². The van der Waals surface area contributed by atoms with Gasteiger partial charge in [-0.05, 0) is 19.1 Å². The predicted octanol–water partition coefficient (Wildman–Crippen LogP) is 1.56. The Hall–Kier alpha value is -2.17. The number of nitrogen functional groups attached to an aromatic ring is 1. The number of phenols is 1. The van der Waals surface area contributed by atoms with Crippen molar-refractivity contribution in [2.75, 3.05) is 12.3 Å². The second kappa shape index (κ2) is 4.78. The Morgan fingerprint density at radius 1 is 1.47 bits per heavy atom. The maximum absolute atomic E-state index is 9.41. The molecule has 0 aliphatic heterocycles. The minimum absolute atomic E-state index is 0.0429. The number of nitrogens with zero attached hydrogens (tertiary/aromatic N) is 2. The third-order valence-corrected chi connectivity index (χ3v) is 2.56. The highest BCUT2D eigenvalue weighted by atomic mass is 16.5. The molecule has 1 heterocycles. The topological polar surface area (TPSA) is 73.3 Å². The summed E-state index contributed by atoms with van der Waals surface area (Å²) in [4.78, 5) is 4.12. The number of aromatic hydroxyl groups is 1. The van der Waals surface area contributed by atoms with Gasteiger partial charge in [0.15, 0.2) is 0 Å². The van der Waals surface area contributed by atoms with E-state index in [2.05, 4.69) is 4.98 Å². The largest absolute Gasteiger partial charge is 0.506 e. The lowest BCUT2D eigenvalue weighted by molar-refractivity contribution is 0.297.